The van der Waals surface area contributed by atoms with Crippen molar-refractivity contribution in [3.05, 3.63) is 63.6 Å². The Bertz CT molecular complexity index is 540. The molecular weight excluding hydrogens is 306 g/mol. The third-order valence-corrected chi connectivity index (χ3v) is 3.62. The first kappa shape index (κ1) is 14.1. The standard InChI is InChI=1S/C15H16BrNO2/c16-15-6-5-14(7-13(15)8-17)19-10-12-3-1-11(9-18)2-4-12/h1-7,18H,8-10,17H2. The summed E-state index contributed by atoms with van der Waals surface area (Å²) in [5.74, 6) is 0.801. The molecule has 0 saturated carbocycles. The normalized spacial score (nSPS) is 10.5. The van der Waals surface area contributed by atoms with Crippen molar-refractivity contribution in [1.82, 2.24) is 0 Å². The van der Waals surface area contributed by atoms with E-state index < -0.39 is 0 Å². The number of benzene rings is 2. The smallest absolute Gasteiger partial charge is 0.120 e. The lowest BCUT2D eigenvalue weighted by molar-refractivity contribution is 0.281. The molecule has 0 atom stereocenters. The second-order valence-corrected chi connectivity index (χ2v) is 5.07. The van der Waals surface area contributed by atoms with Gasteiger partial charge in [0, 0.05) is 11.0 Å². The Morgan fingerprint density at radius 2 is 1.74 bits per heavy atom. The highest BCUT2D eigenvalue weighted by atomic mass is 79.9. The fraction of sp³-hybridized carbons (Fsp3) is 0.200. The van der Waals surface area contributed by atoms with Crippen LogP contribution in [0.15, 0.2) is 46.9 Å². The predicted molar refractivity (Wildman–Crippen MR) is 78.7 cm³/mol. The highest BCUT2D eigenvalue weighted by Gasteiger charge is 2.01. The number of rotatable bonds is 5. The fourth-order valence-electron chi connectivity index (χ4n) is 1.70. The molecule has 3 N–H and O–H groups in total. The van der Waals surface area contributed by atoms with Crippen LogP contribution >= 0.6 is 15.9 Å². The van der Waals surface area contributed by atoms with Crippen LogP contribution in [0.25, 0.3) is 0 Å². The Balaban J connectivity index is 2.01. The summed E-state index contributed by atoms with van der Waals surface area (Å²) in [5.41, 5.74) is 8.64. The van der Waals surface area contributed by atoms with E-state index in [9.17, 15) is 0 Å². The summed E-state index contributed by atoms with van der Waals surface area (Å²) in [4.78, 5) is 0. The van der Waals surface area contributed by atoms with E-state index in [0.29, 0.717) is 13.2 Å². The van der Waals surface area contributed by atoms with E-state index in [4.69, 9.17) is 15.6 Å². The number of hydrogen-bond donors (Lipinski definition) is 2. The van der Waals surface area contributed by atoms with Gasteiger partial charge < -0.3 is 15.6 Å². The second kappa shape index (κ2) is 6.70. The van der Waals surface area contributed by atoms with Crippen LogP contribution in [0.5, 0.6) is 5.75 Å². The molecule has 0 fully saturated rings. The highest BCUT2D eigenvalue weighted by molar-refractivity contribution is 9.10. The van der Waals surface area contributed by atoms with Gasteiger partial charge in [0.25, 0.3) is 0 Å². The van der Waals surface area contributed by atoms with Crippen LogP contribution in [0, 0.1) is 0 Å². The van der Waals surface area contributed by atoms with Gasteiger partial charge in [0.15, 0.2) is 0 Å². The molecule has 0 unspecified atom stereocenters. The topological polar surface area (TPSA) is 55.5 Å². The molecular formula is C15H16BrNO2. The lowest BCUT2D eigenvalue weighted by atomic mass is 10.1. The van der Waals surface area contributed by atoms with Crippen molar-refractivity contribution in [3.8, 4) is 5.75 Å². The van der Waals surface area contributed by atoms with E-state index in [1.807, 2.05) is 42.5 Å². The van der Waals surface area contributed by atoms with Gasteiger partial charge in [-0.05, 0) is 34.9 Å². The van der Waals surface area contributed by atoms with Crippen LogP contribution in [0.1, 0.15) is 16.7 Å². The quantitative estimate of drug-likeness (QED) is 0.890. The zero-order valence-electron chi connectivity index (χ0n) is 10.5. The molecule has 2 rings (SSSR count). The first-order valence-corrected chi connectivity index (χ1v) is 6.82. The van der Waals surface area contributed by atoms with Gasteiger partial charge in [-0.1, -0.05) is 40.2 Å². The molecule has 0 spiro atoms. The number of aliphatic hydroxyl groups is 1. The molecule has 0 aromatic heterocycles. The van der Waals surface area contributed by atoms with E-state index in [2.05, 4.69) is 15.9 Å². The number of nitrogens with two attached hydrogens (primary N) is 1. The maximum atomic E-state index is 8.97. The number of hydrogen-bond acceptors (Lipinski definition) is 3. The molecule has 19 heavy (non-hydrogen) atoms. The van der Waals surface area contributed by atoms with Crippen molar-refractivity contribution in [2.24, 2.45) is 5.73 Å². The number of ether oxygens (including phenoxy) is 1. The lowest BCUT2D eigenvalue weighted by Gasteiger charge is -2.09. The SMILES string of the molecule is NCc1cc(OCc2ccc(CO)cc2)ccc1Br. The molecule has 2 aromatic rings. The van der Waals surface area contributed by atoms with Gasteiger partial charge in [0.1, 0.15) is 12.4 Å². The minimum Gasteiger partial charge on any atom is -0.489 e. The van der Waals surface area contributed by atoms with Gasteiger partial charge in [-0.3, -0.25) is 0 Å². The molecule has 0 bridgehead atoms. The summed E-state index contributed by atoms with van der Waals surface area (Å²) >= 11 is 3.44. The van der Waals surface area contributed by atoms with Crippen molar-refractivity contribution in [2.45, 2.75) is 19.8 Å². The van der Waals surface area contributed by atoms with Crippen molar-refractivity contribution in [3.63, 3.8) is 0 Å². The van der Waals surface area contributed by atoms with Crippen LogP contribution < -0.4 is 10.5 Å². The largest absolute Gasteiger partial charge is 0.489 e. The fourth-order valence-corrected chi connectivity index (χ4v) is 2.11. The number of halogens is 1. The first-order valence-electron chi connectivity index (χ1n) is 6.03. The minimum absolute atomic E-state index is 0.0632. The molecule has 0 aliphatic heterocycles. The van der Waals surface area contributed by atoms with E-state index in [0.717, 1.165) is 26.9 Å². The summed E-state index contributed by atoms with van der Waals surface area (Å²) in [6, 6.07) is 13.5. The van der Waals surface area contributed by atoms with Gasteiger partial charge in [-0.25, -0.2) is 0 Å². The van der Waals surface area contributed by atoms with Crippen LogP contribution in [0.3, 0.4) is 0 Å². The highest BCUT2D eigenvalue weighted by Crippen LogP contribution is 2.22. The lowest BCUT2D eigenvalue weighted by Crippen LogP contribution is -2.00. The van der Waals surface area contributed by atoms with Crippen molar-refractivity contribution < 1.29 is 9.84 Å². The zero-order valence-corrected chi connectivity index (χ0v) is 12.1. The van der Waals surface area contributed by atoms with Gasteiger partial charge >= 0.3 is 0 Å². The first-order chi connectivity index (χ1) is 9.22. The summed E-state index contributed by atoms with van der Waals surface area (Å²) in [7, 11) is 0. The molecule has 3 nitrogen and oxygen atoms in total. The monoisotopic (exact) mass is 321 g/mol. The minimum atomic E-state index is 0.0632. The van der Waals surface area contributed by atoms with Crippen molar-refractivity contribution in [1.29, 1.82) is 0 Å². The Morgan fingerprint density at radius 1 is 1.05 bits per heavy atom. The van der Waals surface area contributed by atoms with Crippen LogP contribution in [-0.2, 0) is 19.8 Å². The Labute approximate surface area is 121 Å². The molecule has 0 saturated heterocycles. The zero-order chi connectivity index (χ0) is 13.7. The van der Waals surface area contributed by atoms with Gasteiger partial charge in [-0.15, -0.1) is 0 Å². The maximum Gasteiger partial charge on any atom is 0.120 e. The predicted octanol–water partition coefficient (Wildman–Crippen LogP) is 2.98. The Kier molecular flexibility index (Phi) is 4.96. The Hall–Kier alpha value is -1.36. The molecule has 0 amide bonds. The third-order valence-electron chi connectivity index (χ3n) is 2.85. The summed E-state index contributed by atoms with van der Waals surface area (Å²) < 4.78 is 6.72. The Morgan fingerprint density at radius 3 is 2.37 bits per heavy atom. The van der Waals surface area contributed by atoms with Crippen molar-refractivity contribution >= 4 is 15.9 Å². The molecule has 0 aliphatic rings. The van der Waals surface area contributed by atoms with Crippen LogP contribution in [0.4, 0.5) is 0 Å². The van der Waals surface area contributed by atoms with Crippen LogP contribution in [-0.4, -0.2) is 5.11 Å². The molecule has 0 heterocycles. The number of aliphatic hydroxyl groups excluding tert-OH is 1. The van der Waals surface area contributed by atoms with E-state index >= 15 is 0 Å². The maximum absolute atomic E-state index is 8.97. The molecule has 100 valence electrons. The summed E-state index contributed by atoms with van der Waals surface area (Å²) in [5, 5.41) is 8.97. The van der Waals surface area contributed by atoms with Gasteiger partial charge in [0.2, 0.25) is 0 Å². The third kappa shape index (κ3) is 3.80. The molecule has 2 aromatic carbocycles. The second-order valence-electron chi connectivity index (χ2n) is 4.22. The van der Waals surface area contributed by atoms with Crippen molar-refractivity contribution in [2.75, 3.05) is 0 Å². The van der Waals surface area contributed by atoms with Gasteiger partial charge in [0.05, 0.1) is 6.61 Å². The van der Waals surface area contributed by atoms with E-state index in [-0.39, 0.29) is 6.61 Å². The average Bonchev–Trinajstić information content (AvgIpc) is 2.47. The van der Waals surface area contributed by atoms with E-state index in [1.54, 1.807) is 0 Å². The molecule has 4 heteroatoms. The molecule has 0 aliphatic carbocycles. The molecule has 0 radical (unpaired) electrons. The summed E-state index contributed by atoms with van der Waals surface area (Å²) in [6.45, 7) is 1.04. The summed E-state index contributed by atoms with van der Waals surface area (Å²) in [6.07, 6.45) is 0. The average molecular weight is 322 g/mol. The van der Waals surface area contributed by atoms with Crippen LogP contribution in [0.2, 0.25) is 0 Å². The van der Waals surface area contributed by atoms with E-state index in [1.165, 1.54) is 0 Å². The van der Waals surface area contributed by atoms with Gasteiger partial charge in [-0.2, -0.15) is 0 Å².